The van der Waals surface area contributed by atoms with Crippen molar-refractivity contribution >= 4 is 21.9 Å². The van der Waals surface area contributed by atoms with Gasteiger partial charge in [-0.1, -0.05) is 50.6 Å². The van der Waals surface area contributed by atoms with Crippen LogP contribution in [0, 0.1) is 5.82 Å². The van der Waals surface area contributed by atoms with E-state index in [9.17, 15) is 9.18 Å². The maximum Gasteiger partial charge on any atom is 0.296 e. The molecule has 0 radical (unpaired) electrons. The van der Waals surface area contributed by atoms with Crippen LogP contribution in [0.4, 0.5) is 4.39 Å². The summed E-state index contributed by atoms with van der Waals surface area (Å²) in [6, 6.07) is 13.0. The quantitative estimate of drug-likeness (QED) is 0.503. The van der Waals surface area contributed by atoms with Crippen LogP contribution in [-0.2, 0) is 11.8 Å². The maximum atomic E-state index is 13.5. The number of H-pyrrole nitrogens is 1. The van der Waals surface area contributed by atoms with E-state index in [1.54, 1.807) is 12.3 Å². The highest BCUT2D eigenvalue weighted by Gasteiger charge is 2.13. The lowest BCUT2D eigenvalue weighted by Gasteiger charge is -2.19. The molecule has 0 aliphatic carbocycles. The number of nitrogens with zero attached hydrogens (tertiary/aromatic N) is 2. The molecule has 5 nitrogen and oxygen atoms in total. The fraction of sp³-hybridized carbons (Fsp3) is 0.250. The van der Waals surface area contributed by atoms with E-state index in [0.29, 0.717) is 21.9 Å². The summed E-state index contributed by atoms with van der Waals surface area (Å²) in [7, 11) is 0. The minimum atomic E-state index is -0.360. The first kappa shape index (κ1) is 19.9. The van der Waals surface area contributed by atoms with Crippen LogP contribution in [0.2, 0.25) is 0 Å². The Kier molecular flexibility index (Phi) is 4.94. The fourth-order valence-electron chi connectivity index (χ4n) is 3.49. The van der Waals surface area contributed by atoms with Gasteiger partial charge in [-0.2, -0.15) is 0 Å². The van der Waals surface area contributed by atoms with Gasteiger partial charge < -0.3 is 4.98 Å². The van der Waals surface area contributed by atoms with Gasteiger partial charge in [0.25, 0.3) is 5.56 Å². The van der Waals surface area contributed by atoms with Crippen LogP contribution in [-0.4, -0.2) is 14.6 Å². The van der Waals surface area contributed by atoms with Gasteiger partial charge in [-0.25, -0.2) is 14.1 Å². The molecule has 4 rings (SSSR count). The highest BCUT2D eigenvalue weighted by molar-refractivity contribution is 6.04. The third-order valence-electron chi connectivity index (χ3n) is 5.22. The van der Waals surface area contributed by atoms with Crippen LogP contribution in [0.1, 0.15) is 38.8 Å². The van der Waals surface area contributed by atoms with Gasteiger partial charge in [0.1, 0.15) is 23.2 Å². The summed E-state index contributed by atoms with van der Waals surface area (Å²) in [6.45, 7) is 8.60. The zero-order valence-electron chi connectivity index (χ0n) is 17.6. The Morgan fingerprint density at radius 1 is 1.20 bits per heavy atom. The Hall–Kier alpha value is -3.41. The van der Waals surface area contributed by atoms with E-state index < -0.39 is 0 Å². The summed E-state index contributed by atoms with van der Waals surface area (Å²) in [5.74, 6) is -0.360. The fourth-order valence-corrected chi connectivity index (χ4v) is 3.49. The standard InChI is InChI=1S/C24H25FN4O/c1-15(11-16-5-7-17(8-6-16)24(2,3)4)13-27-29-14-26-21-19-12-18(25)9-10-20(19)28-22(21)23(29)30/h5-10,12-14,27-28H,11H2,1-4H3/b15-13+. The number of hydrogen-bond donors (Lipinski definition) is 2. The first-order valence-electron chi connectivity index (χ1n) is 9.92. The van der Waals surface area contributed by atoms with Crippen LogP contribution in [0.15, 0.2) is 65.4 Å². The molecule has 0 saturated heterocycles. The molecular formula is C24H25FN4O. The Bertz CT molecular complexity index is 1310. The molecule has 0 spiro atoms. The maximum absolute atomic E-state index is 13.5. The minimum absolute atomic E-state index is 0.131. The van der Waals surface area contributed by atoms with Crippen LogP contribution in [0.3, 0.4) is 0 Å². The second-order valence-electron chi connectivity index (χ2n) is 8.70. The van der Waals surface area contributed by atoms with Crippen molar-refractivity contribution in [2.75, 3.05) is 5.43 Å². The molecule has 0 aliphatic rings. The Balaban J connectivity index is 1.55. The number of aromatic amines is 1. The van der Waals surface area contributed by atoms with E-state index in [0.717, 1.165) is 12.0 Å². The van der Waals surface area contributed by atoms with Gasteiger partial charge >= 0.3 is 0 Å². The van der Waals surface area contributed by atoms with Gasteiger partial charge in [0.15, 0.2) is 0 Å². The molecule has 0 aliphatic heterocycles. The first-order valence-corrected chi connectivity index (χ1v) is 9.92. The molecule has 2 aromatic heterocycles. The number of nitrogens with one attached hydrogen (secondary N) is 2. The van der Waals surface area contributed by atoms with Crippen molar-refractivity contribution in [1.29, 1.82) is 0 Å². The Morgan fingerprint density at radius 3 is 2.63 bits per heavy atom. The molecule has 4 aromatic rings. The Morgan fingerprint density at radius 2 is 1.93 bits per heavy atom. The smallest absolute Gasteiger partial charge is 0.296 e. The normalized spacial score (nSPS) is 12.6. The van der Waals surface area contributed by atoms with E-state index in [4.69, 9.17) is 0 Å². The van der Waals surface area contributed by atoms with E-state index in [1.165, 1.54) is 34.3 Å². The second-order valence-corrected chi connectivity index (χ2v) is 8.70. The average molecular weight is 404 g/mol. The van der Waals surface area contributed by atoms with Gasteiger partial charge in [0.2, 0.25) is 0 Å². The summed E-state index contributed by atoms with van der Waals surface area (Å²) in [5.41, 5.74) is 7.93. The largest absolute Gasteiger partial charge is 0.349 e. The van der Waals surface area contributed by atoms with Gasteiger partial charge in [-0.15, -0.1) is 0 Å². The molecule has 0 saturated carbocycles. The molecule has 0 amide bonds. The minimum Gasteiger partial charge on any atom is -0.349 e. The molecule has 2 heterocycles. The van der Waals surface area contributed by atoms with Crippen molar-refractivity contribution in [1.82, 2.24) is 14.6 Å². The number of fused-ring (bicyclic) bond motifs is 3. The van der Waals surface area contributed by atoms with Crippen molar-refractivity contribution in [3.05, 3.63) is 87.9 Å². The predicted octanol–water partition coefficient (Wildman–Crippen LogP) is 5.00. The zero-order chi connectivity index (χ0) is 21.5. The number of hydrogen-bond acceptors (Lipinski definition) is 3. The predicted molar refractivity (Wildman–Crippen MR) is 120 cm³/mol. The van der Waals surface area contributed by atoms with E-state index in [2.05, 4.69) is 60.4 Å². The van der Waals surface area contributed by atoms with Gasteiger partial charge in [-0.05, 0) is 48.1 Å². The summed E-state index contributed by atoms with van der Waals surface area (Å²) >= 11 is 0. The van der Waals surface area contributed by atoms with Gasteiger partial charge in [-0.3, -0.25) is 10.2 Å². The topological polar surface area (TPSA) is 62.7 Å². The third-order valence-corrected chi connectivity index (χ3v) is 5.22. The molecule has 2 N–H and O–H groups in total. The molecule has 154 valence electrons. The van der Waals surface area contributed by atoms with Crippen LogP contribution in [0.5, 0.6) is 0 Å². The molecular weight excluding hydrogens is 379 g/mol. The van der Waals surface area contributed by atoms with Crippen molar-refractivity contribution in [3.63, 3.8) is 0 Å². The molecule has 0 unspecified atom stereocenters. The summed E-state index contributed by atoms with van der Waals surface area (Å²) in [4.78, 5) is 20.2. The highest BCUT2D eigenvalue weighted by Crippen LogP contribution is 2.23. The number of benzene rings is 2. The Labute approximate surface area is 174 Å². The molecule has 0 atom stereocenters. The number of aromatic nitrogens is 3. The SMILES string of the molecule is C/C(=C\Nn1cnc2c([nH]c3ccc(F)cc32)c1=O)Cc1ccc(C(C)(C)C)cc1. The summed E-state index contributed by atoms with van der Waals surface area (Å²) < 4.78 is 14.9. The molecule has 0 fully saturated rings. The van der Waals surface area contributed by atoms with E-state index >= 15 is 0 Å². The lowest BCUT2D eigenvalue weighted by atomic mass is 9.86. The monoisotopic (exact) mass is 404 g/mol. The third kappa shape index (κ3) is 3.85. The number of allylic oxidation sites excluding steroid dienone is 1. The van der Waals surface area contributed by atoms with Crippen LogP contribution >= 0.6 is 0 Å². The van der Waals surface area contributed by atoms with Gasteiger partial charge in [0.05, 0.1) is 0 Å². The van der Waals surface area contributed by atoms with E-state index in [-0.39, 0.29) is 16.8 Å². The summed E-state index contributed by atoms with van der Waals surface area (Å²) in [6.07, 6.45) is 3.99. The molecule has 0 bridgehead atoms. The van der Waals surface area contributed by atoms with E-state index in [1.807, 2.05) is 6.92 Å². The first-order chi connectivity index (χ1) is 14.2. The van der Waals surface area contributed by atoms with Crippen molar-refractivity contribution in [2.24, 2.45) is 0 Å². The van der Waals surface area contributed by atoms with Crippen molar-refractivity contribution in [3.8, 4) is 0 Å². The lowest BCUT2D eigenvalue weighted by molar-refractivity contribution is 0.590. The zero-order valence-corrected chi connectivity index (χ0v) is 17.6. The van der Waals surface area contributed by atoms with Crippen molar-refractivity contribution < 1.29 is 4.39 Å². The summed E-state index contributed by atoms with van der Waals surface area (Å²) in [5, 5.41) is 0.597. The van der Waals surface area contributed by atoms with Crippen molar-refractivity contribution in [2.45, 2.75) is 39.5 Å². The number of rotatable bonds is 4. The molecule has 6 heteroatoms. The van der Waals surface area contributed by atoms with Crippen LogP contribution in [0.25, 0.3) is 21.9 Å². The lowest BCUT2D eigenvalue weighted by Crippen LogP contribution is -2.26. The second kappa shape index (κ2) is 7.44. The van der Waals surface area contributed by atoms with Crippen LogP contribution < -0.4 is 11.0 Å². The average Bonchev–Trinajstić information content (AvgIpc) is 3.06. The highest BCUT2D eigenvalue weighted by atomic mass is 19.1. The molecule has 30 heavy (non-hydrogen) atoms. The number of halogens is 1. The molecule has 2 aromatic carbocycles. The van der Waals surface area contributed by atoms with Gasteiger partial charge in [0, 0.05) is 17.1 Å².